The van der Waals surface area contributed by atoms with Gasteiger partial charge in [-0.3, -0.25) is 4.89 Å². The van der Waals surface area contributed by atoms with Crippen LogP contribution in [0.1, 0.15) is 93.4 Å². The molecule has 0 aromatic heterocycles. The second kappa shape index (κ2) is 17.7. The SMILES string of the molecule is CCCCOC(=O)c1ccc(C)cc1C(=O)OCCCC.CCOC(=O)c1ccccc1C(=O)OOC. The van der Waals surface area contributed by atoms with Crippen LogP contribution in [0.3, 0.4) is 0 Å². The van der Waals surface area contributed by atoms with Crippen molar-refractivity contribution in [2.75, 3.05) is 26.9 Å². The molecule has 9 nitrogen and oxygen atoms in total. The van der Waals surface area contributed by atoms with E-state index in [0.29, 0.717) is 13.2 Å². The number of aryl methyl sites for hydroxylation is 1. The number of hydrogen-bond acceptors (Lipinski definition) is 9. The maximum atomic E-state index is 12.1. The first-order valence-corrected chi connectivity index (χ1v) is 12.3. The van der Waals surface area contributed by atoms with Gasteiger partial charge in [-0.1, -0.05) is 50.5 Å². The maximum absolute atomic E-state index is 12.1. The van der Waals surface area contributed by atoms with Crippen molar-refractivity contribution in [1.82, 2.24) is 0 Å². The molecule has 0 unspecified atom stereocenters. The van der Waals surface area contributed by atoms with Crippen molar-refractivity contribution in [3.63, 3.8) is 0 Å². The molecule has 0 amide bonds. The number of hydrogen-bond donors (Lipinski definition) is 0. The fourth-order valence-electron chi connectivity index (χ4n) is 2.95. The lowest BCUT2D eigenvalue weighted by molar-refractivity contribution is -0.216. The molecule has 0 heterocycles. The maximum Gasteiger partial charge on any atom is 0.373 e. The smallest absolute Gasteiger partial charge is 0.373 e. The third-order valence-corrected chi connectivity index (χ3v) is 4.88. The number of benzene rings is 2. The minimum atomic E-state index is -0.730. The minimum Gasteiger partial charge on any atom is -0.462 e. The minimum absolute atomic E-state index is 0.114. The van der Waals surface area contributed by atoms with E-state index in [1.165, 1.54) is 19.2 Å². The molecule has 0 fully saturated rings. The molecule has 0 atom stereocenters. The van der Waals surface area contributed by atoms with Crippen molar-refractivity contribution < 1.29 is 43.2 Å². The Balaban J connectivity index is 0.000000384. The second-order valence-corrected chi connectivity index (χ2v) is 7.83. The highest BCUT2D eigenvalue weighted by Gasteiger charge is 2.20. The number of unbranched alkanes of at least 4 members (excludes halogenated alkanes) is 2. The molecule has 37 heavy (non-hydrogen) atoms. The van der Waals surface area contributed by atoms with Crippen molar-refractivity contribution >= 4 is 23.9 Å². The summed E-state index contributed by atoms with van der Waals surface area (Å²) in [5, 5.41) is 0. The number of carbonyl (C=O) groups excluding carboxylic acids is 4. The molecule has 0 spiro atoms. The Bertz CT molecular complexity index is 993. The third-order valence-electron chi connectivity index (χ3n) is 4.88. The highest BCUT2D eigenvalue weighted by molar-refractivity contribution is 6.03. The molecule has 0 radical (unpaired) electrons. The van der Waals surface area contributed by atoms with E-state index in [1.807, 2.05) is 20.8 Å². The van der Waals surface area contributed by atoms with Crippen LogP contribution in [0.2, 0.25) is 0 Å². The predicted molar refractivity (Wildman–Crippen MR) is 136 cm³/mol. The van der Waals surface area contributed by atoms with Gasteiger partial charge in [-0.05, 0) is 51.0 Å². The lowest BCUT2D eigenvalue weighted by Crippen LogP contribution is -2.15. The highest BCUT2D eigenvalue weighted by atomic mass is 17.2. The summed E-state index contributed by atoms with van der Waals surface area (Å²) in [5.74, 6) is -2.22. The van der Waals surface area contributed by atoms with Crippen molar-refractivity contribution in [2.24, 2.45) is 0 Å². The van der Waals surface area contributed by atoms with Gasteiger partial charge in [0.15, 0.2) is 0 Å². The molecule has 2 aromatic carbocycles. The molecule has 0 aliphatic heterocycles. The van der Waals surface area contributed by atoms with E-state index in [0.717, 1.165) is 31.2 Å². The first kappa shape index (κ1) is 31.3. The number of rotatable bonds is 12. The number of carbonyl (C=O) groups is 4. The van der Waals surface area contributed by atoms with Crippen LogP contribution in [0.4, 0.5) is 0 Å². The summed E-state index contributed by atoms with van der Waals surface area (Å²) in [7, 11) is 1.21. The molecule has 9 heteroatoms. The first-order chi connectivity index (χ1) is 17.8. The lowest BCUT2D eigenvalue weighted by Gasteiger charge is -2.10. The summed E-state index contributed by atoms with van der Waals surface area (Å²) in [4.78, 5) is 55.7. The molecular formula is C28H36O9. The third kappa shape index (κ3) is 10.8. The van der Waals surface area contributed by atoms with Gasteiger partial charge in [0.05, 0.1) is 49.2 Å². The van der Waals surface area contributed by atoms with E-state index in [4.69, 9.17) is 14.2 Å². The Kier molecular flexibility index (Phi) is 15.0. The lowest BCUT2D eigenvalue weighted by atomic mass is 10.0. The molecule has 0 saturated carbocycles. The van der Waals surface area contributed by atoms with Crippen LogP contribution in [-0.4, -0.2) is 50.8 Å². The Labute approximate surface area is 217 Å². The molecule has 0 aliphatic carbocycles. The first-order valence-electron chi connectivity index (χ1n) is 12.3. The number of esters is 3. The average molecular weight is 517 g/mol. The Hall–Kier alpha value is -3.72. The molecule has 2 rings (SSSR count). The standard InChI is InChI=1S/C17H24O4.C11H12O5/c1-4-6-10-20-16(18)14-9-8-13(3)12-15(14)17(19)21-11-7-5-2;1-3-15-10(12)8-6-4-5-7-9(8)11(13)16-14-2/h8-9,12H,4-7,10-11H2,1-3H3;4-7H,3H2,1-2H3. The summed E-state index contributed by atoms with van der Waals surface area (Å²) in [6, 6.07) is 11.3. The molecule has 0 aliphatic rings. The van der Waals surface area contributed by atoms with Crippen molar-refractivity contribution in [3.05, 3.63) is 70.3 Å². The fourth-order valence-corrected chi connectivity index (χ4v) is 2.95. The van der Waals surface area contributed by atoms with Crippen LogP contribution in [0, 0.1) is 6.92 Å². The summed E-state index contributed by atoms with van der Waals surface area (Å²) in [6.45, 7) is 8.59. The molecule has 2 aromatic rings. The van der Waals surface area contributed by atoms with E-state index in [1.54, 1.807) is 37.3 Å². The van der Waals surface area contributed by atoms with Crippen molar-refractivity contribution in [2.45, 2.75) is 53.4 Å². The molecular weight excluding hydrogens is 480 g/mol. The van der Waals surface area contributed by atoms with Crippen LogP contribution in [0.25, 0.3) is 0 Å². The summed E-state index contributed by atoms with van der Waals surface area (Å²) >= 11 is 0. The zero-order valence-corrected chi connectivity index (χ0v) is 22.2. The van der Waals surface area contributed by atoms with Crippen molar-refractivity contribution in [3.8, 4) is 0 Å². The van der Waals surface area contributed by atoms with Crippen LogP contribution in [-0.2, 0) is 24.0 Å². The quantitative estimate of drug-likeness (QED) is 0.119. The van der Waals surface area contributed by atoms with E-state index in [9.17, 15) is 19.2 Å². The topological polar surface area (TPSA) is 114 Å². The summed E-state index contributed by atoms with van der Waals surface area (Å²) in [5.41, 5.74) is 1.74. The van der Waals surface area contributed by atoms with Gasteiger partial charge in [-0.15, -0.1) is 0 Å². The van der Waals surface area contributed by atoms with Gasteiger partial charge in [0, 0.05) is 0 Å². The van der Waals surface area contributed by atoms with E-state index in [-0.39, 0.29) is 28.9 Å². The zero-order valence-electron chi connectivity index (χ0n) is 22.2. The van der Waals surface area contributed by atoms with Gasteiger partial charge in [0.1, 0.15) is 0 Å². The van der Waals surface area contributed by atoms with Gasteiger partial charge >= 0.3 is 23.9 Å². The van der Waals surface area contributed by atoms with Crippen LogP contribution in [0.15, 0.2) is 42.5 Å². The number of ether oxygens (including phenoxy) is 3. The zero-order chi connectivity index (χ0) is 27.6. The van der Waals surface area contributed by atoms with Crippen LogP contribution in [0.5, 0.6) is 0 Å². The molecule has 0 N–H and O–H groups in total. The van der Waals surface area contributed by atoms with Crippen LogP contribution >= 0.6 is 0 Å². The Morgan fingerprint density at radius 3 is 1.65 bits per heavy atom. The summed E-state index contributed by atoms with van der Waals surface area (Å²) in [6.07, 6.45) is 3.53. The average Bonchev–Trinajstić information content (AvgIpc) is 2.89. The van der Waals surface area contributed by atoms with Crippen molar-refractivity contribution in [1.29, 1.82) is 0 Å². The van der Waals surface area contributed by atoms with Gasteiger partial charge in [0.2, 0.25) is 0 Å². The van der Waals surface area contributed by atoms with E-state index in [2.05, 4.69) is 9.78 Å². The molecule has 0 bridgehead atoms. The van der Waals surface area contributed by atoms with Gasteiger partial charge in [-0.25, -0.2) is 19.2 Å². The predicted octanol–water partition coefficient (Wildman–Crippen LogP) is 5.49. The monoisotopic (exact) mass is 516 g/mol. The summed E-state index contributed by atoms with van der Waals surface area (Å²) < 4.78 is 15.2. The van der Waals surface area contributed by atoms with E-state index >= 15 is 0 Å². The van der Waals surface area contributed by atoms with Gasteiger partial charge in [-0.2, -0.15) is 4.89 Å². The largest absolute Gasteiger partial charge is 0.462 e. The van der Waals surface area contributed by atoms with Gasteiger partial charge < -0.3 is 14.2 Å². The highest BCUT2D eigenvalue weighted by Crippen LogP contribution is 2.15. The molecule has 202 valence electrons. The Morgan fingerprint density at radius 1 is 0.649 bits per heavy atom. The van der Waals surface area contributed by atoms with Crippen LogP contribution < -0.4 is 0 Å². The van der Waals surface area contributed by atoms with E-state index < -0.39 is 23.9 Å². The second-order valence-electron chi connectivity index (χ2n) is 7.83. The fraction of sp³-hybridized carbons (Fsp3) is 0.429. The normalized spacial score (nSPS) is 9.97. The van der Waals surface area contributed by atoms with Gasteiger partial charge in [0.25, 0.3) is 0 Å². The Morgan fingerprint density at radius 2 is 1.14 bits per heavy atom. The molecule has 0 saturated heterocycles.